The van der Waals surface area contributed by atoms with Gasteiger partial charge in [-0.1, -0.05) is 24.3 Å². The second kappa shape index (κ2) is 7.70. The second-order valence-corrected chi connectivity index (χ2v) is 6.15. The molecule has 2 N–H and O–H groups in total. The van der Waals surface area contributed by atoms with Crippen LogP contribution in [0.1, 0.15) is 27.1 Å². The zero-order valence-corrected chi connectivity index (χ0v) is 13.9. The summed E-state index contributed by atoms with van der Waals surface area (Å²) in [5.41, 5.74) is 2.35. The lowest BCUT2D eigenvalue weighted by atomic mass is 9.99. The van der Waals surface area contributed by atoms with E-state index in [-0.39, 0.29) is 23.6 Å². The van der Waals surface area contributed by atoms with E-state index in [1.807, 2.05) is 23.1 Å². The van der Waals surface area contributed by atoms with Crippen LogP contribution < -0.4 is 5.32 Å². The van der Waals surface area contributed by atoms with Crippen molar-refractivity contribution in [2.24, 2.45) is 0 Å². The third-order valence-electron chi connectivity index (χ3n) is 4.06. The van der Waals surface area contributed by atoms with Gasteiger partial charge in [0.1, 0.15) is 17.5 Å². The number of rotatable bonds is 5. The number of aromatic nitrogens is 2. The summed E-state index contributed by atoms with van der Waals surface area (Å²) in [7, 11) is 0. The van der Waals surface area contributed by atoms with Gasteiger partial charge < -0.3 is 10.4 Å². The van der Waals surface area contributed by atoms with Crippen molar-refractivity contribution in [3.8, 4) is 0 Å². The van der Waals surface area contributed by atoms with Gasteiger partial charge in [-0.05, 0) is 23.6 Å². The number of nitrogens with zero attached hydrogens (tertiary/aromatic N) is 3. The lowest BCUT2D eigenvalue weighted by Crippen LogP contribution is -2.43. The molecule has 0 fully saturated rings. The average Bonchev–Trinajstić information content (AvgIpc) is 2.63. The highest BCUT2D eigenvalue weighted by molar-refractivity contribution is 6.20. The Labute approximate surface area is 145 Å². The van der Waals surface area contributed by atoms with Gasteiger partial charge in [0.05, 0.1) is 6.10 Å². The van der Waals surface area contributed by atoms with Crippen LogP contribution in [-0.2, 0) is 6.42 Å². The summed E-state index contributed by atoms with van der Waals surface area (Å²) >= 11 is 6.53. The SMILES string of the molecule is O=C(NC[C@H](O)CN1CCc2ccccc2[C@@H]1Cl)c1ccncn1. The van der Waals surface area contributed by atoms with E-state index in [0.717, 1.165) is 18.5 Å². The largest absolute Gasteiger partial charge is 0.390 e. The van der Waals surface area contributed by atoms with Crippen molar-refractivity contribution in [2.45, 2.75) is 18.0 Å². The lowest BCUT2D eigenvalue weighted by molar-refractivity contribution is 0.0827. The van der Waals surface area contributed by atoms with Gasteiger partial charge in [0.15, 0.2) is 0 Å². The van der Waals surface area contributed by atoms with Crippen molar-refractivity contribution in [2.75, 3.05) is 19.6 Å². The number of hydrogen-bond acceptors (Lipinski definition) is 5. The van der Waals surface area contributed by atoms with Gasteiger partial charge >= 0.3 is 0 Å². The standard InChI is InChI=1S/C17H19ClN4O2/c18-16-14-4-2-1-3-12(14)6-8-22(16)10-13(23)9-20-17(24)15-5-7-19-11-21-15/h1-5,7,11,13,16,23H,6,8-10H2,(H,20,24)/t13-,16+/m0/s1. The number of alkyl halides is 1. The Hall–Kier alpha value is -2.02. The molecule has 1 aromatic carbocycles. The van der Waals surface area contributed by atoms with E-state index in [1.165, 1.54) is 24.2 Å². The minimum absolute atomic E-state index is 0.143. The first kappa shape index (κ1) is 16.8. The summed E-state index contributed by atoms with van der Waals surface area (Å²) < 4.78 is 0. The maximum atomic E-state index is 11.9. The maximum Gasteiger partial charge on any atom is 0.270 e. The van der Waals surface area contributed by atoms with Gasteiger partial charge in [-0.2, -0.15) is 0 Å². The number of aliphatic hydroxyl groups is 1. The zero-order chi connectivity index (χ0) is 16.9. The van der Waals surface area contributed by atoms with Gasteiger partial charge in [-0.3, -0.25) is 9.69 Å². The van der Waals surface area contributed by atoms with Crippen LogP contribution in [0.3, 0.4) is 0 Å². The molecule has 0 aliphatic carbocycles. The molecule has 3 rings (SSSR count). The number of amides is 1. The summed E-state index contributed by atoms with van der Waals surface area (Å²) in [5, 5.41) is 12.9. The molecule has 1 amide bonds. The molecule has 2 atom stereocenters. The molecule has 0 bridgehead atoms. The fraction of sp³-hybridized carbons (Fsp3) is 0.353. The fourth-order valence-corrected chi connectivity index (χ4v) is 3.20. The van der Waals surface area contributed by atoms with Crippen molar-refractivity contribution in [1.29, 1.82) is 0 Å². The first-order valence-corrected chi connectivity index (χ1v) is 8.27. The Bertz CT molecular complexity index is 698. The molecule has 0 unspecified atom stereocenters. The number of benzene rings is 1. The predicted molar refractivity (Wildman–Crippen MR) is 90.7 cm³/mol. The first-order chi connectivity index (χ1) is 11.6. The van der Waals surface area contributed by atoms with E-state index in [9.17, 15) is 9.90 Å². The number of nitrogens with one attached hydrogen (secondary N) is 1. The number of aliphatic hydroxyl groups excluding tert-OH is 1. The molecule has 24 heavy (non-hydrogen) atoms. The fourth-order valence-electron chi connectivity index (χ4n) is 2.81. The third kappa shape index (κ3) is 3.90. The molecular weight excluding hydrogens is 328 g/mol. The lowest BCUT2D eigenvalue weighted by Gasteiger charge is -2.34. The van der Waals surface area contributed by atoms with Crippen LogP contribution in [-0.4, -0.2) is 51.6 Å². The summed E-state index contributed by atoms with van der Waals surface area (Å²) in [6, 6.07) is 9.60. The zero-order valence-electron chi connectivity index (χ0n) is 13.1. The van der Waals surface area contributed by atoms with Crippen LogP contribution >= 0.6 is 11.6 Å². The molecule has 1 aromatic heterocycles. The van der Waals surface area contributed by atoms with Gasteiger partial charge in [-0.15, -0.1) is 11.6 Å². The van der Waals surface area contributed by atoms with E-state index in [2.05, 4.69) is 21.4 Å². The molecule has 2 heterocycles. The van der Waals surface area contributed by atoms with Crippen LogP contribution in [0.15, 0.2) is 42.9 Å². The van der Waals surface area contributed by atoms with Crippen LogP contribution in [0.2, 0.25) is 0 Å². The topological polar surface area (TPSA) is 78.4 Å². The second-order valence-electron chi connectivity index (χ2n) is 5.74. The first-order valence-electron chi connectivity index (χ1n) is 7.83. The van der Waals surface area contributed by atoms with Gasteiger partial charge in [0, 0.05) is 25.8 Å². The van der Waals surface area contributed by atoms with Crippen molar-refractivity contribution < 1.29 is 9.90 Å². The monoisotopic (exact) mass is 346 g/mol. The highest BCUT2D eigenvalue weighted by atomic mass is 35.5. The third-order valence-corrected chi connectivity index (χ3v) is 4.57. The summed E-state index contributed by atoms with van der Waals surface area (Å²) in [4.78, 5) is 21.6. The van der Waals surface area contributed by atoms with Crippen LogP contribution in [0.5, 0.6) is 0 Å². The quantitative estimate of drug-likeness (QED) is 0.631. The highest BCUT2D eigenvalue weighted by Gasteiger charge is 2.26. The molecule has 1 aliphatic heterocycles. The van der Waals surface area contributed by atoms with Gasteiger partial charge in [-0.25, -0.2) is 9.97 Å². The average molecular weight is 347 g/mol. The molecule has 0 spiro atoms. The van der Waals surface area contributed by atoms with E-state index >= 15 is 0 Å². The predicted octanol–water partition coefficient (Wildman–Crippen LogP) is 1.36. The minimum atomic E-state index is -0.706. The Morgan fingerprint density at radius 2 is 2.25 bits per heavy atom. The van der Waals surface area contributed by atoms with Crippen molar-refractivity contribution in [3.63, 3.8) is 0 Å². The van der Waals surface area contributed by atoms with Crippen LogP contribution in [0, 0.1) is 0 Å². The number of carbonyl (C=O) groups is 1. The molecule has 2 aromatic rings. The molecule has 1 aliphatic rings. The Kier molecular flexibility index (Phi) is 5.40. The Balaban J connectivity index is 1.52. The number of fused-ring (bicyclic) bond motifs is 1. The molecule has 0 radical (unpaired) electrons. The number of carbonyl (C=O) groups excluding carboxylic acids is 1. The van der Waals surface area contributed by atoms with Crippen molar-refractivity contribution in [1.82, 2.24) is 20.2 Å². The number of halogens is 1. The molecule has 0 saturated carbocycles. The van der Waals surface area contributed by atoms with Crippen molar-refractivity contribution in [3.05, 3.63) is 59.7 Å². The van der Waals surface area contributed by atoms with Crippen molar-refractivity contribution >= 4 is 17.5 Å². The van der Waals surface area contributed by atoms with E-state index in [0.29, 0.717) is 6.54 Å². The van der Waals surface area contributed by atoms with E-state index in [1.54, 1.807) is 0 Å². The van der Waals surface area contributed by atoms with Gasteiger partial charge in [0.25, 0.3) is 5.91 Å². The molecule has 0 saturated heterocycles. The minimum Gasteiger partial charge on any atom is -0.390 e. The summed E-state index contributed by atoms with van der Waals surface area (Å²) in [6.45, 7) is 1.32. The molecule has 7 heteroatoms. The summed E-state index contributed by atoms with van der Waals surface area (Å²) in [6.07, 6.45) is 3.01. The van der Waals surface area contributed by atoms with E-state index < -0.39 is 6.10 Å². The smallest absolute Gasteiger partial charge is 0.270 e. The van der Waals surface area contributed by atoms with E-state index in [4.69, 9.17) is 11.6 Å². The molecule has 126 valence electrons. The highest BCUT2D eigenvalue weighted by Crippen LogP contribution is 2.32. The van der Waals surface area contributed by atoms with Crippen LogP contribution in [0.25, 0.3) is 0 Å². The van der Waals surface area contributed by atoms with Crippen LogP contribution in [0.4, 0.5) is 0 Å². The molecule has 6 nitrogen and oxygen atoms in total. The number of β-amino-alcohol motifs (C(OH)–C–C–N with tert-alkyl or cyclic N) is 1. The van der Waals surface area contributed by atoms with Gasteiger partial charge in [0.2, 0.25) is 0 Å². The maximum absolute atomic E-state index is 11.9. The molecular formula is C17H19ClN4O2. The Morgan fingerprint density at radius 3 is 3.04 bits per heavy atom. The Morgan fingerprint density at radius 1 is 1.42 bits per heavy atom. The number of hydrogen-bond donors (Lipinski definition) is 2. The summed E-state index contributed by atoms with van der Waals surface area (Å²) in [5.74, 6) is -0.331. The normalized spacial score (nSPS) is 18.7.